The third-order valence-electron chi connectivity index (χ3n) is 5.87. The van der Waals surface area contributed by atoms with E-state index in [4.69, 9.17) is 0 Å². The highest BCUT2D eigenvalue weighted by molar-refractivity contribution is 7.12. The van der Waals surface area contributed by atoms with Gasteiger partial charge in [0, 0.05) is 18.8 Å². The number of rotatable bonds is 2. The number of hydrogen-bond acceptors (Lipinski definition) is 0. The van der Waals surface area contributed by atoms with Crippen LogP contribution in [0, 0.1) is 0 Å². The second-order valence-electron chi connectivity index (χ2n) is 7.13. The van der Waals surface area contributed by atoms with Crippen molar-refractivity contribution in [1.82, 2.24) is 4.57 Å². The van der Waals surface area contributed by atoms with E-state index in [-0.39, 0.29) is 0 Å². The van der Waals surface area contributed by atoms with E-state index in [0.717, 1.165) is 0 Å². The first-order valence-electron chi connectivity index (χ1n) is 8.98. The van der Waals surface area contributed by atoms with Crippen molar-refractivity contribution in [2.45, 2.75) is 12.5 Å². The minimum Gasteiger partial charge on any atom is -0.351 e. The fourth-order valence-corrected chi connectivity index (χ4v) is 9.73. The Hall–Kier alpha value is -2.58. The minimum atomic E-state index is -1.93. The number of nitrogens with zero attached hydrogens (tertiary/aromatic N) is 1. The fraction of sp³-hybridized carbons (Fsp3) is 0.130. The van der Waals surface area contributed by atoms with Gasteiger partial charge in [0.25, 0.3) is 0 Å². The van der Waals surface area contributed by atoms with E-state index in [1.54, 1.807) is 10.8 Å². The van der Waals surface area contributed by atoms with Crippen LogP contribution in [0.5, 0.6) is 0 Å². The van der Waals surface area contributed by atoms with Gasteiger partial charge < -0.3 is 4.57 Å². The summed E-state index contributed by atoms with van der Waals surface area (Å²) in [6.07, 6.45) is 3.37. The molecule has 0 fully saturated rings. The molecule has 0 N–H and O–H groups in total. The van der Waals surface area contributed by atoms with Crippen molar-refractivity contribution >= 4 is 34.5 Å². The Kier molecular flexibility index (Phi) is 3.22. The zero-order chi connectivity index (χ0) is 16.9. The number of fused-ring (bicyclic) bond motifs is 2. The Morgan fingerprint density at radius 2 is 1.44 bits per heavy atom. The van der Waals surface area contributed by atoms with Crippen LogP contribution in [0.25, 0.3) is 10.9 Å². The molecule has 0 unspecified atom stereocenters. The van der Waals surface area contributed by atoms with Crippen molar-refractivity contribution in [3.8, 4) is 0 Å². The van der Waals surface area contributed by atoms with Gasteiger partial charge in [-0.2, -0.15) is 0 Å². The van der Waals surface area contributed by atoms with Gasteiger partial charge in [0.05, 0.1) is 0 Å². The highest BCUT2D eigenvalue weighted by atomic mass is 28.3. The summed E-state index contributed by atoms with van der Waals surface area (Å²) >= 11 is 0. The Morgan fingerprint density at radius 3 is 2.08 bits per heavy atom. The predicted octanol–water partition coefficient (Wildman–Crippen LogP) is 3.20. The van der Waals surface area contributed by atoms with Crippen LogP contribution in [0.15, 0.2) is 85.1 Å². The van der Waals surface area contributed by atoms with Crippen molar-refractivity contribution in [2.75, 3.05) is 0 Å². The lowest BCUT2D eigenvalue weighted by atomic mass is 10.1. The molecule has 2 heteroatoms. The first-order chi connectivity index (χ1) is 12.3. The fourth-order valence-electron chi connectivity index (χ4n) is 4.64. The molecule has 0 bridgehead atoms. The van der Waals surface area contributed by atoms with Crippen LogP contribution in [-0.2, 0) is 13.5 Å². The van der Waals surface area contributed by atoms with Crippen molar-refractivity contribution in [1.29, 1.82) is 0 Å². The van der Waals surface area contributed by atoms with Gasteiger partial charge in [-0.25, -0.2) is 0 Å². The van der Waals surface area contributed by atoms with Gasteiger partial charge in [-0.3, -0.25) is 0 Å². The van der Waals surface area contributed by atoms with Crippen LogP contribution in [0.2, 0.25) is 6.04 Å². The Morgan fingerprint density at radius 1 is 0.800 bits per heavy atom. The molecule has 25 heavy (non-hydrogen) atoms. The quantitative estimate of drug-likeness (QED) is 0.494. The summed E-state index contributed by atoms with van der Waals surface area (Å²) < 4.78 is 2.25. The predicted molar refractivity (Wildman–Crippen MR) is 109 cm³/mol. The molecule has 122 valence electrons. The molecule has 1 nitrogen and oxygen atoms in total. The number of aryl methyl sites for hydroxylation is 2. The van der Waals surface area contributed by atoms with Gasteiger partial charge in [0.1, 0.15) is 8.07 Å². The molecule has 1 aliphatic rings. The molecule has 3 aromatic carbocycles. The van der Waals surface area contributed by atoms with E-state index >= 15 is 0 Å². The van der Waals surface area contributed by atoms with E-state index in [9.17, 15) is 0 Å². The standard InChI is InChI=1S/C23H21NSi/c1-24-14-12-18-16-19-13-15-25(23(19)17-22(18)24,20-8-4-2-5-9-20)21-10-6-3-7-11-21/h2-12,14,16-17H,13,15H2,1H3. The smallest absolute Gasteiger partial charge is 0.149 e. The van der Waals surface area contributed by atoms with Crippen LogP contribution in [0.4, 0.5) is 0 Å². The highest BCUT2D eigenvalue weighted by Gasteiger charge is 2.44. The SMILES string of the molecule is Cn1ccc2cc3c(cc21)[Si](c1ccccc1)(c1ccccc1)CC3. The van der Waals surface area contributed by atoms with Crippen LogP contribution in [-0.4, -0.2) is 12.6 Å². The summed E-state index contributed by atoms with van der Waals surface area (Å²) in [6.45, 7) is 0. The molecule has 1 aromatic heterocycles. The molecule has 4 aromatic rings. The molecule has 5 rings (SSSR count). The third-order valence-corrected chi connectivity index (χ3v) is 10.9. The van der Waals surface area contributed by atoms with Crippen molar-refractivity contribution in [2.24, 2.45) is 7.05 Å². The lowest BCUT2D eigenvalue weighted by Crippen LogP contribution is -2.65. The summed E-state index contributed by atoms with van der Waals surface area (Å²) in [7, 11) is 0.219. The molecular formula is C23H21NSi. The average molecular weight is 340 g/mol. The molecule has 2 heterocycles. The first-order valence-corrected chi connectivity index (χ1v) is 11.2. The van der Waals surface area contributed by atoms with E-state index in [0.29, 0.717) is 0 Å². The minimum absolute atomic E-state index is 1.19. The van der Waals surface area contributed by atoms with Gasteiger partial charge >= 0.3 is 0 Å². The first kappa shape index (κ1) is 14.7. The molecule has 0 spiro atoms. The Bertz CT molecular complexity index is 1010. The molecule has 0 saturated heterocycles. The van der Waals surface area contributed by atoms with Crippen LogP contribution in [0.1, 0.15) is 5.56 Å². The second kappa shape index (κ2) is 5.47. The molecule has 0 amide bonds. The van der Waals surface area contributed by atoms with Crippen LogP contribution < -0.4 is 15.6 Å². The summed E-state index contributed by atoms with van der Waals surface area (Å²) in [5.74, 6) is 0. The summed E-state index contributed by atoms with van der Waals surface area (Å²) in [5, 5.41) is 6.05. The number of benzene rings is 3. The largest absolute Gasteiger partial charge is 0.351 e. The molecule has 0 radical (unpaired) electrons. The summed E-state index contributed by atoms with van der Waals surface area (Å²) in [6, 6.07) is 30.9. The maximum atomic E-state index is 2.49. The van der Waals surface area contributed by atoms with E-state index in [1.165, 1.54) is 33.7 Å². The molecule has 0 aliphatic carbocycles. The molecule has 0 atom stereocenters. The van der Waals surface area contributed by atoms with Crippen LogP contribution in [0.3, 0.4) is 0 Å². The topological polar surface area (TPSA) is 4.93 Å². The van der Waals surface area contributed by atoms with Crippen molar-refractivity contribution in [3.05, 3.63) is 90.6 Å². The number of hydrogen-bond donors (Lipinski definition) is 0. The Balaban J connectivity index is 1.85. The van der Waals surface area contributed by atoms with Gasteiger partial charge in [0.2, 0.25) is 0 Å². The van der Waals surface area contributed by atoms with Gasteiger partial charge in [-0.1, -0.05) is 60.7 Å². The number of aromatic nitrogens is 1. The maximum Gasteiger partial charge on any atom is 0.149 e. The molecular weight excluding hydrogens is 318 g/mol. The third kappa shape index (κ3) is 2.07. The maximum absolute atomic E-state index is 2.49. The zero-order valence-corrected chi connectivity index (χ0v) is 15.4. The normalized spacial score (nSPS) is 15.4. The van der Waals surface area contributed by atoms with Crippen LogP contribution >= 0.6 is 0 Å². The molecule has 0 saturated carbocycles. The van der Waals surface area contributed by atoms with Gasteiger partial charge in [-0.15, -0.1) is 0 Å². The lowest BCUT2D eigenvalue weighted by molar-refractivity contribution is 0.969. The second-order valence-corrected chi connectivity index (χ2v) is 11.1. The van der Waals surface area contributed by atoms with E-state index < -0.39 is 8.07 Å². The van der Waals surface area contributed by atoms with Crippen molar-refractivity contribution < 1.29 is 0 Å². The lowest BCUT2D eigenvalue weighted by Gasteiger charge is -2.30. The van der Waals surface area contributed by atoms with Gasteiger partial charge in [-0.05, 0) is 57.2 Å². The zero-order valence-electron chi connectivity index (χ0n) is 14.4. The summed E-state index contributed by atoms with van der Waals surface area (Å²) in [4.78, 5) is 0. The van der Waals surface area contributed by atoms with Crippen molar-refractivity contribution in [3.63, 3.8) is 0 Å². The highest BCUT2D eigenvalue weighted by Crippen LogP contribution is 2.28. The van der Waals surface area contributed by atoms with E-state index in [1.807, 2.05) is 0 Å². The molecule has 1 aliphatic heterocycles. The van der Waals surface area contributed by atoms with Gasteiger partial charge in [0.15, 0.2) is 0 Å². The average Bonchev–Trinajstić information content (AvgIpc) is 3.23. The summed E-state index contributed by atoms with van der Waals surface area (Å²) in [5.41, 5.74) is 2.91. The van der Waals surface area contributed by atoms with E-state index in [2.05, 4.69) is 96.7 Å². The Labute approximate surface area is 149 Å². The monoisotopic (exact) mass is 339 g/mol.